The SMILES string of the molecule is Nc1cc(-c2ccc3n[nH]c(Br)c3c2)no1. The molecule has 1 aromatic carbocycles. The fourth-order valence-corrected chi connectivity index (χ4v) is 1.97. The maximum Gasteiger partial charge on any atom is 0.222 e. The number of nitrogen functional groups attached to an aromatic ring is 1. The second-order valence-electron chi connectivity index (χ2n) is 3.38. The highest BCUT2D eigenvalue weighted by molar-refractivity contribution is 9.10. The van der Waals surface area contributed by atoms with E-state index in [1.54, 1.807) is 6.07 Å². The zero-order valence-corrected chi connectivity index (χ0v) is 9.65. The van der Waals surface area contributed by atoms with Gasteiger partial charge in [0.1, 0.15) is 10.3 Å². The molecular weight excluding hydrogens is 272 g/mol. The van der Waals surface area contributed by atoms with Gasteiger partial charge in [-0.1, -0.05) is 11.2 Å². The molecule has 0 bridgehead atoms. The first-order valence-corrected chi connectivity index (χ1v) is 5.39. The smallest absolute Gasteiger partial charge is 0.222 e. The van der Waals surface area contributed by atoms with E-state index in [2.05, 4.69) is 31.3 Å². The monoisotopic (exact) mass is 278 g/mol. The largest absolute Gasteiger partial charge is 0.368 e. The lowest BCUT2D eigenvalue weighted by molar-refractivity contribution is 0.439. The molecule has 80 valence electrons. The van der Waals surface area contributed by atoms with Crippen molar-refractivity contribution in [3.05, 3.63) is 28.9 Å². The van der Waals surface area contributed by atoms with Crippen LogP contribution in [0.5, 0.6) is 0 Å². The molecule has 0 fully saturated rings. The molecule has 2 aromatic heterocycles. The summed E-state index contributed by atoms with van der Waals surface area (Å²) in [5.41, 5.74) is 8.03. The number of fused-ring (bicyclic) bond motifs is 1. The van der Waals surface area contributed by atoms with Crippen molar-refractivity contribution < 1.29 is 4.52 Å². The van der Waals surface area contributed by atoms with E-state index in [0.717, 1.165) is 21.1 Å². The Labute approximate surface area is 98.7 Å². The number of nitrogens with zero attached hydrogens (tertiary/aromatic N) is 2. The van der Waals surface area contributed by atoms with Gasteiger partial charge in [-0.2, -0.15) is 5.10 Å². The lowest BCUT2D eigenvalue weighted by Crippen LogP contribution is -1.78. The van der Waals surface area contributed by atoms with E-state index >= 15 is 0 Å². The minimum atomic E-state index is 0.307. The maximum absolute atomic E-state index is 5.48. The van der Waals surface area contributed by atoms with E-state index in [1.165, 1.54) is 0 Å². The molecule has 0 spiro atoms. The van der Waals surface area contributed by atoms with Gasteiger partial charge in [-0.05, 0) is 28.1 Å². The van der Waals surface area contributed by atoms with Gasteiger partial charge in [0.05, 0.1) is 5.52 Å². The third kappa shape index (κ3) is 1.38. The van der Waals surface area contributed by atoms with Crippen molar-refractivity contribution in [3.63, 3.8) is 0 Å². The zero-order chi connectivity index (χ0) is 11.1. The second-order valence-corrected chi connectivity index (χ2v) is 4.18. The first-order chi connectivity index (χ1) is 7.74. The predicted molar refractivity (Wildman–Crippen MR) is 63.7 cm³/mol. The molecule has 3 aromatic rings. The van der Waals surface area contributed by atoms with Crippen molar-refractivity contribution >= 4 is 32.7 Å². The molecule has 0 unspecified atom stereocenters. The Morgan fingerprint density at radius 3 is 2.94 bits per heavy atom. The molecule has 0 aliphatic carbocycles. The molecule has 5 nitrogen and oxygen atoms in total. The van der Waals surface area contributed by atoms with Crippen molar-refractivity contribution in [2.24, 2.45) is 0 Å². The molecule has 0 amide bonds. The molecular formula is C10H7BrN4O. The number of halogens is 1. The minimum absolute atomic E-state index is 0.307. The molecule has 2 heterocycles. The van der Waals surface area contributed by atoms with E-state index in [0.29, 0.717) is 11.6 Å². The Hall–Kier alpha value is -1.82. The fourth-order valence-electron chi connectivity index (χ4n) is 1.56. The number of nitrogens with two attached hydrogens (primary N) is 1. The van der Waals surface area contributed by atoms with Crippen molar-refractivity contribution in [2.75, 3.05) is 5.73 Å². The molecule has 0 saturated heterocycles. The first kappa shape index (κ1) is 9.41. The number of H-pyrrole nitrogens is 1. The number of hydrogen-bond acceptors (Lipinski definition) is 4. The highest BCUT2D eigenvalue weighted by atomic mass is 79.9. The second kappa shape index (κ2) is 3.34. The van der Waals surface area contributed by atoms with Gasteiger partial charge in [0.15, 0.2) is 0 Å². The van der Waals surface area contributed by atoms with Crippen molar-refractivity contribution in [1.29, 1.82) is 0 Å². The van der Waals surface area contributed by atoms with Crippen molar-refractivity contribution in [1.82, 2.24) is 15.4 Å². The standard InChI is InChI=1S/C10H7BrN4O/c11-10-6-3-5(1-2-7(6)13-14-10)8-4-9(12)16-15-8/h1-4H,12H2,(H,13,14). The number of nitrogens with one attached hydrogen (secondary N) is 1. The molecule has 6 heteroatoms. The van der Waals surface area contributed by atoms with Crippen LogP contribution in [0.25, 0.3) is 22.2 Å². The zero-order valence-electron chi connectivity index (χ0n) is 8.07. The van der Waals surface area contributed by atoms with Crippen LogP contribution in [0.4, 0.5) is 5.88 Å². The summed E-state index contributed by atoms with van der Waals surface area (Å²) in [7, 11) is 0. The first-order valence-electron chi connectivity index (χ1n) is 4.60. The maximum atomic E-state index is 5.48. The van der Waals surface area contributed by atoms with Crippen LogP contribution in [0.3, 0.4) is 0 Å². The van der Waals surface area contributed by atoms with Gasteiger partial charge in [-0.25, -0.2) is 0 Å². The predicted octanol–water partition coefficient (Wildman–Crippen LogP) is 2.56. The Balaban J connectivity index is 2.21. The normalized spacial score (nSPS) is 11.1. The van der Waals surface area contributed by atoms with E-state index in [9.17, 15) is 0 Å². The summed E-state index contributed by atoms with van der Waals surface area (Å²) in [6.07, 6.45) is 0. The third-order valence-electron chi connectivity index (χ3n) is 2.33. The average Bonchev–Trinajstić information content (AvgIpc) is 2.86. The van der Waals surface area contributed by atoms with Gasteiger partial charge in [0.25, 0.3) is 0 Å². The van der Waals surface area contributed by atoms with Crippen LogP contribution >= 0.6 is 15.9 Å². The summed E-state index contributed by atoms with van der Waals surface area (Å²) in [4.78, 5) is 0. The van der Waals surface area contributed by atoms with Gasteiger partial charge in [0.2, 0.25) is 5.88 Å². The number of rotatable bonds is 1. The molecule has 16 heavy (non-hydrogen) atoms. The quantitative estimate of drug-likeness (QED) is 0.717. The number of hydrogen-bond donors (Lipinski definition) is 2. The van der Waals surface area contributed by atoms with Crippen LogP contribution in [0.2, 0.25) is 0 Å². The molecule has 0 saturated carbocycles. The Morgan fingerprint density at radius 1 is 1.31 bits per heavy atom. The summed E-state index contributed by atoms with van der Waals surface area (Å²) in [6, 6.07) is 7.50. The number of aromatic amines is 1. The summed E-state index contributed by atoms with van der Waals surface area (Å²) >= 11 is 3.39. The Bertz CT molecular complexity index is 658. The number of anilines is 1. The van der Waals surface area contributed by atoms with E-state index in [-0.39, 0.29) is 0 Å². The molecule has 3 rings (SSSR count). The minimum Gasteiger partial charge on any atom is -0.368 e. The van der Waals surface area contributed by atoms with Crippen LogP contribution in [0.15, 0.2) is 33.4 Å². The lowest BCUT2D eigenvalue weighted by Gasteiger charge is -1.95. The van der Waals surface area contributed by atoms with Gasteiger partial charge < -0.3 is 10.3 Å². The topological polar surface area (TPSA) is 80.7 Å². The Kier molecular flexibility index (Phi) is 1.97. The summed E-state index contributed by atoms with van der Waals surface area (Å²) in [5, 5.41) is 11.8. The number of aromatic nitrogens is 3. The van der Waals surface area contributed by atoms with Crippen LogP contribution in [-0.4, -0.2) is 15.4 Å². The Morgan fingerprint density at radius 2 is 2.19 bits per heavy atom. The molecule has 0 radical (unpaired) electrons. The van der Waals surface area contributed by atoms with Gasteiger partial charge in [-0.15, -0.1) is 0 Å². The summed E-state index contributed by atoms with van der Waals surface area (Å²) in [5.74, 6) is 0.307. The van der Waals surface area contributed by atoms with Crippen molar-refractivity contribution in [2.45, 2.75) is 0 Å². The van der Waals surface area contributed by atoms with Crippen LogP contribution in [0.1, 0.15) is 0 Å². The third-order valence-corrected chi connectivity index (χ3v) is 2.94. The lowest BCUT2D eigenvalue weighted by atomic mass is 10.1. The van der Waals surface area contributed by atoms with E-state index in [4.69, 9.17) is 10.3 Å². The number of benzene rings is 1. The van der Waals surface area contributed by atoms with Gasteiger partial charge in [-0.3, -0.25) is 5.10 Å². The molecule has 0 aliphatic heterocycles. The van der Waals surface area contributed by atoms with Crippen molar-refractivity contribution in [3.8, 4) is 11.3 Å². The van der Waals surface area contributed by atoms with Crippen LogP contribution in [-0.2, 0) is 0 Å². The fraction of sp³-hybridized carbons (Fsp3) is 0. The summed E-state index contributed by atoms with van der Waals surface area (Å²) < 4.78 is 5.68. The molecule has 0 aliphatic rings. The van der Waals surface area contributed by atoms with Gasteiger partial charge >= 0.3 is 0 Å². The van der Waals surface area contributed by atoms with Gasteiger partial charge in [0, 0.05) is 17.0 Å². The van der Waals surface area contributed by atoms with E-state index < -0.39 is 0 Å². The highest BCUT2D eigenvalue weighted by Gasteiger charge is 2.08. The average molecular weight is 279 g/mol. The van der Waals surface area contributed by atoms with Crippen LogP contribution in [0, 0.1) is 0 Å². The van der Waals surface area contributed by atoms with E-state index in [1.807, 2.05) is 18.2 Å². The highest BCUT2D eigenvalue weighted by Crippen LogP contribution is 2.27. The summed E-state index contributed by atoms with van der Waals surface area (Å²) in [6.45, 7) is 0. The van der Waals surface area contributed by atoms with Crippen LogP contribution < -0.4 is 5.73 Å². The molecule has 0 atom stereocenters. The molecule has 3 N–H and O–H groups in total.